The van der Waals surface area contributed by atoms with Crippen LogP contribution in [0.2, 0.25) is 5.02 Å². The van der Waals surface area contributed by atoms with Gasteiger partial charge < -0.3 is 5.32 Å². The Kier molecular flexibility index (Phi) is 4.03. The normalized spacial score (nSPS) is 14.7. The maximum atomic E-state index is 6.20. The molecule has 2 aromatic rings. The van der Waals surface area contributed by atoms with Crippen molar-refractivity contribution in [3.05, 3.63) is 40.8 Å². The molecule has 1 aliphatic rings. The van der Waals surface area contributed by atoms with Crippen molar-refractivity contribution in [2.45, 2.75) is 38.6 Å². The van der Waals surface area contributed by atoms with Gasteiger partial charge in [-0.1, -0.05) is 18.5 Å². The van der Waals surface area contributed by atoms with Gasteiger partial charge in [0, 0.05) is 24.9 Å². The van der Waals surface area contributed by atoms with Gasteiger partial charge >= 0.3 is 0 Å². The van der Waals surface area contributed by atoms with Gasteiger partial charge in [-0.3, -0.25) is 0 Å². The molecule has 2 aromatic heterocycles. The van der Waals surface area contributed by atoms with Crippen molar-refractivity contribution in [2.75, 3.05) is 6.54 Å². The predicted molar refractivity (Wildman–Crippen MR) is 80.3 cm³/mol. The summed E-state index contributed by atoms with van der Waals surface area (Å²) in [5.74, 6) is 1.49. The van der Waals surface area contributed by atoms with Crippen molar-refractivity contribution in [1.29, 1.82) is 0 Å². The van der Waals surface area contributed by atoms with Crippen molar-refractivity contribution in [3.63, 3.8) is 0 Å². The summed E-state index contributed by atoms with van der Waals surface area (Å²) in [6.45, 7) is 3.90. The van der Waals surface area contributed by atoms with Crippen molar-refractivity contribution in [3.8, 4) is 5.82 Å². The van der Waals surface area contributed by atoms with Crippen LogP contribution in [0.15, 0.2) is 24.5 Å². The van der Waals surface area contributed by atoms with Crippen molar-refractivity contribution in [2.24, 2.45) is 0 Å². The largest absolute Gasteiger partial charge is 0.313 e. The zero-order valence-electron chi connectivity index (χ0n) is 11.6. The molecule has 1 N–H and O–H groups in total. The average Bonchev–Trinajstić information content (AvgIpc) is 3.19. The van der Waals surface area contributed by atoms with Gasteiger partial charge in [0.1, 0.15) is 0 Å². The Balaban J connectivity index is 1.79. The van der Waals surface area contributed by atoms with Crippen LogP contribution in [0.3, 0.4) is 0 Å². The summed E-state index contributed by atoms with van der Waals surface area (Å²) in [6.07, 6.45) is 7.32. The van der Waals surface area contributed by atoms with E-state index in [4.69, 9.17) is 11.6 Å². The molecule has 0 saturated heterocycles. The van der Waals surface area contributed by atoms with Gasteiger partial charge in [0.2, 0.25) is 0 Å². The summed E-state index contributed by atoms with van der Waals surface area (Å²) in [5.41, 5.74) is 2.24. The molecule has 3 rings (SSSR count). The molecule has 0 spiro atoms. The second-order valence-electron chi connectivity index (χ2n) is 5.27. The maximum absolute atomic E-state index is 6.20. The topological polar surface area (TPSA) is 42.7 Å². The summed E-state index contributed by atoms with van der Waals surface area (Å²) < 4.78 is 1.84. The molecule has 20 heavy (non-hydrogen) atoms. The van der Waals surface area contributed by atoms with Gasteiger partial charge in [-0.25, -0.2) is 9.67 Å². The van der Waals surface area contributed by atoms with E-state index in [2.05, 4.69) is 28.4 Å². The van der Waals surface area contributed by atoms with Gasteiger partial charge in [0.05, 0.1) is 10.7 Å². The molecule has 1 fully saturated rings. The van der Waals surface area contributed by atoms with Crippen LogP contribution in [0.1, 0.15) is 43.4 Å². The highest BCUT2D eigenvalue weighted by molar-refractivity contribution is 6.31. The highest BCUT2D eigenvalue weighted by Crippen LogP contribution is 2.39. The van der Waals surface area contributed by atoms with Crippen LogP contribution in [0.5, 0.6) is 0 Å². The van der Waals surface area contributed by atoms with Crippen molar-refractivity contribution >= 4 is 11.6 Å². The minimum absolute atomic E-state index is 0.661. The van der Waals surface area contributed by atoms with Gasteiger partial charge in [-0.2, -0.15) is 5.10 Å². The molecule has 0 atom stereocenters. The first-order valence-electron chi connectivity index (χ1n) is 7.19. The fraction of sp³-hybridized carbons (Fsp3) is 0.467. The summed E-state index contributed by atoms with van der Waals surface area (Å²) >= 11 is 6.20. The Bertz CT molecular complexity index is 589. The first-order chi connectivity index (χ1) is 9.78. The summed E-state index contributed by atoms with van der Waals surface area (Å²) in [6, 6.07) is 4.09. The van der Waals surface area contributed by atoms with Crippen LogP contribution in [0, 0.1) is 0 Å². The Morgan fingerprint density at radius 3 is 3.05 bits per heavy atom. The number of pyridine rings is 1. The Morgan fingerprint density at radius 1 is 1.45 bits per heavy atom. The van der Waals surface area contributed by atoms with E-state index in [1.165, 1.54) is 18.5 Å². The summed E-state index contributed by atoms with van der Waals surface area (Å²) in [5, 5.41) is 8.66. The van der Waals surface area contributed by atoms with E-state index in [-0.39, 0.29) is 0 Å². The standard InChI is InChI=1S/C15H19ClN4/c1-2-6-17-9-12-8-15(18-10-13(12)16)20-7-5-14(19-20)11-3-4-11/h5,7-8,10-11,17H,2-4,6,9H2,1H3. The second-order valence-corrected chi connectivity index (χ2v) is 5.68. The summed E-state index contributed by atoms with van der Waals surface area (Å²) in [4.78, 5) is 4.37. The van der Waals surface area contributed by atoms with Crippen LogP contribution in [0.4, 0.5) is 0 Å². The number of halogens is 1. The minimum Gasteiger partial charge on any atom is -0.313 e. The monoisotopic (exact) mass is 290 g/mol. The first-order valence-corrected chi connectivity index (χ1v) is 7.57. The number of nitrogens with zero attached hydrogens (tertiary/aromatic N) is 3. The highest BCUT2D eigenvalue weighted by atomic mass is 35.5. The second kappa shape index (κ2) is 5.94. The van der Waals surface area contributed by atoms with E-state index in [9.17, 15) is 0 Å². The van der Waals surface area contributed by atoms with Gasteiger partial charge in [0.25, 0.3) is 0 Å². The lowest BCUT2D eigenvalue weighted by Crippen LogP contribution is -2.14. The summed E-state index contributed by atoms with van der Waals surface area (Å²) in [7, 11) is 0. The van der Waals surface area contributed by atoms with E-state index in [1.54, 1.807) is 6.20 Å². The fourth-order valence-corrected chi connectivity index (χ4v) is 2.36. The van der Waals surface area contributed by atoms with E-state index in [1.807, 2.05) is 16.9 Å². The molecule has 5 heteroatoms. The van der Waals surface area contributed by atoms with E-state index >= 15 is 0 Å². The van der Waals surface area contributed by atoms with Crippen molar-refractivity contribution < 1.29 is 0 Å². The van der Waals surface area contributed by atoms with Crippen molar-refractivity contribution in [1.82, 2.24) is 20.1 Å². The zero-order chi connectivity index (χ0) is 13.9. The van der Waals surface area contributed by atoms with Crippen LogP contribution in [0.25, 0.3) is 5.82 Å². The number of hydrogen-bond acceptors (Lipinski definition) is 3. The molecule has 0 radical (unpaired) electrons. The zero-order valence-corrected chi connectivity index (χ0v) is 12.4. The predicted octanol–water partition coefficient (Wildman–Crippen LogP) is 3.30. The highest BCUT2D eigenvalue weighted by Gasteiger charge is 2.26. The molecule has 0 unspecified atom stereocenters. The number of nitrogens with one attached hydrogen (secondary N) is 1. The number of hydrogen-bond donors (Lipinski definition) is 1. The SMILES string of the molecule is CCCNCc1cc(-n2ccc(C3CC3)n2)ncc1Cl. The molecule has 0 bridgehead atoms. The van der Waals surface area contributed by atoms with Gasteiger partial charge in [0.15, 0.2) is 5.82 Å². The molecule has 1 aliphatic carbocycles. The molecule has 2 heterocycles. The fourth-order valence-electron chi connectivity index (χ4n) is 2.19. The Morgan fingerprint density at radius 2 is 2.30 bits per heavy atom. The molecule has 0 aliphatic heterocycles. The van der Waals surface area contributed by atoms with Crippen LogP contribution < -0.4 is 5.32 Å². The third-order valence-corrected chi connectivity index (χ3v) is 3.84. The molecule has 1 saturated carbocycles. The Labute approximate surface area is 124 Å². The number of rotatable bonds is 6. The van der Waals surface area contributed by atoms with Crippen LogP contribution >= 0.6 is 11.6 Å². The number of aromatic nitrogens is 3. The Hall–Kier alpha value is -1.39. The van der Waals surface area contributed by atoms with Gasteiger partial charge in [-0.15, -0.1) is 0 Å². The van der Waals surface area contributed by atoms with Gasteiger partial charge in [-0.05, 0) is 43.5 Å². The minimum atomic E-state index is 0.661. The van der Waals surface area contributed by atoms with E-state index in [0.29, 0.717) is 10.9 Å². The molecule has 106 valence electrons. The van der Waals surface area contributed by atoms with E-state index < -0.39 is 0 Å². The average molecular weight is 291 g/mol. The molecular formula is C15H19ClN4. The third-order valence-electron chi connectivity index (χ3n) is 3.50. The van der Waals surface area contributed by atoms with Crippen LogP contribution in [-0.4, -0.2) is 21.3 Å². The lowest BCUT2D eigenvalue weighted by molar-refractivity contribution is 0.673. The smallest absolute Gasteiger partial charge is 0.153 e. The lowest BCUT2D eigenvalue weighted by atomic mass is 10.2. The lowest BCUT2D eigenvalue weighted by Gasteiger charge is -2.08. The molecule has 0 aromatic carbocycles. The third kappa shape index (κ3) is 3.02. The van der Waals surface area contributed by atoms with E-state index in [0.717, 1.165) is 30.9 Å². The van der Waals surface area contributed by atoms with Crippen LogP contribution in [-0.2, 0) is 6.54 Å². The quantitative estimate of drug-likeness (QED) is 0.830. The molecular weight excluding hydrogens is 272 g/mol. The molecule has 0 amide bonds. The molecule has 4 nitrogen and oxygen atoms in total. The first kappa shape index (κ1) is 13.6. The maximum Gasteiger partial charge on any atom is 0.153 e.